The fourth-order valence-electron chi connectivity index (χ4n) is 2.84. The predicted octanol–water partition coefficient (Wildman–Crippen LogP) is 2.38. The second-order valence-corrected chi connectivity index (χ2v) is 5.57. The normalized spacial score (nSPS) is 17.4. The third-order valence-corrected chi connectivity index (χ3v) is 4.10. The minimum absolute atomic E-state index is 0.0211. The first kappa shape index (κ1) is 13.2. The molecule has 4 nitrogen and oxygen atoms in total. The summed E-state index contributed by atoms with van der Waals surface area (Å²) >= 11 is 0. The zero-order valence-electron chi connectivity index (χ0n) is 11.9. The molecule has 1 aromatic heterocycles. The van der Waals surface area contributed by atoms with Gasteiger partial charge in [-0.3, -0.25) is 9.69 Å². The molecule has 2 N–H and O–H groups in total. The molecule has 1 fully saturated rings. The van der Waals surface area contributed by atoms with Crippen LogP contribution in [-0.4, -0.2) is 41.5 Å². The van der Waals surface area contributed by atoms with E-state index in [1.807, 2.05) is 30.3 Å². The van der Waals surface area contributed by atoms with E-state index in [-0.39, 0.29) is 5.91 Å². The number of hydrogen-bond donors (Lipinski definition) is 2. The van der Waals surface area contributed by atoms with Gasteiger partial charge in [0.1, 0.15) is 5.69 Å². The van der Waals surface area contributed by atoms with Gasteiger partial charge >= 0.3 is 0 Å². The van der Waals surface area contributed by atoms with E-state index in [4.69, 9.17) is 0 Å². The molecule has 1 aromatic carbocycles. The van der Waals surface area contributed by atoms with Crippen LogP contribution in [0.1, 0.15) is 30.3 Å². The van der Waals surface area contributed by atoms with Crippen molar-refractivity contribution in [3.8, 4) is 0 Å². The van der Waals surface area contributed by atoms with Crippen molar-refractivity contribution in [2.75, 3.05) is 19.6 Å². The van der Waals surface area contributed by atoms with Gasteiger partial charge in [0, 0.05) is 23.5 Å². The maximum atomic E-state index is 12.2. The average molecular weight is 271 g/mol. The third kappa shape index (κ3) is 2.70. The Bertz CT molecular complexity index is 566. The van der Waals surface area contributed by atoms with Crippen LogP contribution in [0.2, 0.25) is 0 Å². The third-order valence-electron chi connectivity index (χ3n) is 4.10. The minimum Gasteiger partial charge on any atom is -0.351 e. The smallest absolute Gasteiger partial charge is 0.267 e. The summed E-state index contributed by atoms with van der Waals surface area (Å²) in [6, 6.07) is 10.3. The zero-order chi connectivity index (χ0) is 13.9. The molecule has 3 rings (SSSR count). The Morgan fingerprint density at radius 2 is 2.10 bits per heavy atom. The SMILES string of the molecule is CC(CNC(=O)c1cc2ccccc2[nH]1)N1CCCC1. The molecule has 1 aliphatic heterocycles. The molecule has 2 heterocycles. The summed E-state index contributed by atoms with van der Waals surface area (Å²) < 4.78 is 0. The summed E-state index contributed by atoms with van der Waals surface area (Å²) in [5.41, 5.74) is 1.64. The highest BCUT2D eigenvalue weighted by atomic mass is 16.1. The van der Waals surface area contributed by atoms with E-state index >= 15 is 0 Å². The van der Waals surface area contributed by atoms with E-state index in [1.54, 1.807) is 0 Å². The largest absolute Gasteiger partial charge is 0.351 e. The highest BCUT2D eigenvalue weighted by Gasteiger charge is 2.18. The molecule has 1 atom stereocenters. The average Bonchev–Trinajstić information content (AvgIpc) is 3.12. The Morgan fingerprint density at radius 3 is 2.85 bits per heavy atom. The number of amides is 1. The van der Waals surface area contributed by atoms with Crippen LogP contribution in [0.3, 0.4) is 0 Å². The maximum Gasteiger partial charge on any atom is 0.267 e. The molecule has 1 amide bonds. The number of hydrogen-bond acceptors (Lipinski definition) is 2. The van der Waals surface area contributed by atoms with Crippen molar-refractivity contribution in [3.05, 3.63) is 36.0 Å². The minimum atomic E-state index is -0.0211. The molecular weight excluding hydrogens is 250 g/mol. The molecule has 0 radical (unpaired) electrons. The molecule has 2 aromatic rings. The van der Waals surface area contributed by atoms with E-state index in [2.05, 4.69) is 22.1 Å². The Morgan fingerprint density at radius 1 is 1.35 bits per heavy atom. The van der Waals surface area contributed by atoms with Crippen LogP contribution in [-0.2, 0) is 0 Å². The van der Waals surface area contributed by atoms with Crippen molar-refractivity contribution < 1.29 is 4.79 Å². The fraction of sp³-hybridized carbons (Fsp3) is 0.438. The van der Waals surface area contributed by atoms with Crippen LogP contribution in [0.5, 0.6) is 0 Å². The number of likely N-dealkylation sites (tertiary alicyclic amines) is 1. The van der Waals surface area contributed by atoms with Crippen LogP contribution in [0.15, 0.2) is 30.3 Å². The molecule has 0 aliphatic carbocycles. The Hall–Kier alpha value is -1.81. The van der Waals surface area contributed by atoms with E-state index in [0.717, 1.165) is 24.0 Å². The number of carbonyl (C=O) groups excluding carboxylic acids is 1. The first-order valence-corrected chi connectivity index (χ1v) is 7.34. The number of H-pyrrole nitrogens is 1. The summed E-state index contributed by atoms with van der Waals surface area (Å²) in [6.07, 6.45) is 2.56. The number of aromatic nitrogens is 1. The van der Waals surface area contributed by atoms with Gasteiger partial charge in [0.15, 0.2) is 0 Å². The van der Waals surface area contributed by atoms with Crippen molar-refractivity contribution in [3.63, 3.8) is 0 Å². The first-order valence-electron chi connectivity index (χ1n) is 7.34. The van der Waals surface area contributed by atoms with Gasteiger partial charge in [0.2, 0.25) is 0 Å². The molecular formula is C16H21N3O. The second kappa shape index (κ2) is 5.67. The van der Waals surface area contributed by atoms with Crippen LogP contribution in [0.4, 0.5) is 0 Å². The Balaban J connectivity index is 1.61. The zero-order valence-corrected chi connectivity index (χ0v) is 11.9. The molecule has 1 unspecified atom stereocenters. The summed E-state index contributed by atoms with van der Waals surface area (Å²) in [7, 11) is 0. The van der Waals surface area contributed by atoms with Gasteiger partial charge in [0.25, 0.3) is 5.91 Å². The number of aromatic amines is 1. The lowest BCUT2D eigenvalue weighted by Crippen LogP contribution is -2.40. The number of fused-ring (bicyclic) bond motifs is 1. The van der Waals surface area contributed by atoms with Gasteiger partial charge in [-0.05, 0) is 45.0 Å². The van der Waals surface area contributed by atoms with Gasteiger partial charge in [-0.15, -0.1) is 0 Å². The Labute approximate surface area is 119 Å². The lowest BCUT2D eigenvalue weighted by Gasteiger charge is -2.23. The van der Waals surface area contributed by atoms with Gasteiger partial charge in [-0.25, -0.2) is 0 Å². The number of nitrogens with one attached hydrogen (secondary N) is 2. The quantitative estimate of drug-likeness (QED) is 0.897. The molecule has 1 aliphatic rings. The molecule has 1 saturated heterocycles. The van der Waals surface area contributed by atoms with Crippen molar-refractivity contribution in [1.82, 2.24) is 15.2 Å². The van der Waals surface area contributed by atoms with Crippen LogP contribution >= 0.6 is 0 Å². The number of nitrogens with zero attached hydrogens (tertiary/aromatic N) is 1. The molecule has 0 bridgehead atoms. The fourth-order valence-corrected chi connectivity index (χ4v) is 2.84. The van der Waals surface area contributed by atoms with E-state index in [0.29, 0.717) is 18.3 Å². The number of carbonyl (C=O) groups is 1. The summed E-state index contributed by atoms with van der Waals surface area (Å²) in [5.74, 6) is -0.0211. The molecule has 0 spiro atoms. The molecule has 20 heavy (non-hydrogen) atoms. The van der Waals surface area contributed by atoms with Crippen LogP contribution in [0, 0.1) is 0 Å². The number of rotatable bonds is 4. The summed E-state index contributed by atoms with van der Waals surface area (Å²) in [6.45, 7) is 5.19. The van der Waals surface area contributed by atoms with Gasteiger partial charge in [0.05, 0.1) is 0 Å². The van der Waals surface area contributed by atoms with E-state index in [1.165, 1.54) is 12.8 Å². The summed E-state index contributed by atoms with van der Waals surface area (Å²) in [4.78, 5) is 17.8. The lowest BCUT2D eigenvalue weighted by atomic mass is 10.2. The van der Waals surface area contributed by atoms with E-state index in [9.17, 15) is 4.79 Å². The Kier molecular flexibility index (Phi) is 3.74. The van der Waals surface area contributed by atoms with Crippen molar-refractivity contribution in [1.29, 1.82) is 0 Å². The predicted molar refractivity (Wildman–Crippen MR) is 80.9 cm³/mol. The monoisotopic (exact) mass is 271 g/mol. The first-order chi connectivity index (χ1) is 9.74. The van der Waals surface area contributed by atoms with Gasteiger partial charge < -0.3 is 10.3 Å². The van der Waals surface area contributed by atoms with Gasteiger partial charge in [-0.2, -0.15) is 0 Å². The number of benzene rings is 1. The van der Waals surface area contributed by atoms with Crippen LogP contribution in [0.25, 0.3) is 10.9 Å². The molecule has 4 heteroatoms. The molecule has 106 valence electrons. The maximum absolute atomic E-state index is 12.2. The van der Waals surface area contributed by atoms with Crippen molar-refractivity contribution in [2.24, 2.45) is 0 Å². The number of para-hydroxylation sites is 1. The standard InChI is InChI=1S/C16H21N3O/c1-12(19-8-4-5-9-19)11-17-16(20)15-10-13-6-2-3-7-14(13)18-15/h2-3,6-7,10,12,18H,4-5,8-9,11H2,1H3,(H,17,20). The van der Waals surface area contributed by atoms with Crippen LogP contribution < -0.4 is 5.32 Å². The highest BCUT2D eigenvalue weighted by Crippen LogP contribution is 2.15. The lowest BCUT2D eigenvalue weighted by molar-refractivity contribution is 0.0936. The van der Waals surface area contributed by atoms with Crippen molar-refractivity contribution in [2.45, 2.75) is 25.8 Å². The second-order valence-electron chi connectivity index (χ2n) is 5.57. The van der Waals surface area contributed by atoms with Crippen molar-refractivity contribution >= 4 is 16.8 Å². The van der Waals surface area contributed by atoms with E-state index < -0.39 is 0 Å². The van der Waals surface area contributed by atoms with Gasteiger partial charge in [-0.1, -0.05) is 18.2 Å². The highest BCUT2D eigenvalue weighted by molar-refractivity contribution is 5.97. The summed E-state index contributed by atoms with van der Waals surface area (Å²) in [5, 5.41) is 4.10. The molecule has 0 saturated carbocycles. The topological polar surface area (TPSA) is 48.1 Å².